The topological polar surface area (TPSA) is 103 Å². The van der Waals surface area contributed by atoms with E-state index in [4.69, 9.17) is 0 Å². The van der Waals surface area contributed by atoms with E-state index in [0.717, 1.165) is 0 Å². The lowest BCUT2D eigenvalue weighted by molar-refractivity contribution is -0.384. The van der Waals surface area contributed by atoms with Crippen LogP contribution in [0.4, 0.5) is 10.8 Å². The van der Waals surface area contributed by atoms with Crippen molar-refractivity contribution in [1.29, 1.82) is 0 Å². The lowest BCUT2D eigenvalue weighted by Gasteiger charge is -1.97. The Kier molecular flexibility index (Phi) is 3.69. The summed E-state index contributed by atoms with van der Waals surface area (Å²) in [5, 5.41) is 21.0. The summed E-state index contributed by atoms with van der Waals surface area (Å²) >= 11 is 2.49. The highest BCUT2D eigenvalue weighted by Gasteiger charge is 2.15. The van der Waals surface area contributed by atoms with Crippen LogP contribution in [0.1, 0.15) is 10.5 Å². The van der Waals surface area contributed by atoms with Gasteiger partial charge in [-0.3, -0.25) is 24.9 Å². The molecule has 8 nitrogen and oxygen atoms in total. The van der Waals surface area contributed by atoms with Gasteiger partial charge < -0.3 is 0 Å². The van der Waals surface area contributed by atoms with Crippen LogP contribution < -0.4 is 5.32 Å². The third kappa shape index (κ3) is 2.87. The van der Waals surface area contributed by atoms with E-state index in [1.807, 2.05) is 0 Å². The number of amides is 1. The number of nitrogens with one attached hydrogen (secondary N) is 1. The van der Waals surface area contributed by atoms with Gasteiger partial charge in [-0.1, -0.05) is 0 Å². The minimum absolute atomic E-state index is 0.0343. The van der Waals surface area contributed by atoms with Crippen LogP contribution in [-0.2, 0) is 7.05 Å². The molecule has 0 aliphatic heterocycles. The molecule has 0 spiro atoms. The van der Waals surface area contributed by atoms with E-state index in [1.54, 1.807) is 24.7 Å². The molecule has 0 radical (unpaired) electrons. The monoisotopic (exact) mass is 335 g/mol. The molecule has 10 heteroatoms. The van der Waals surface area contributed by atoms with Crippen LogP contribution in [0, 0.1) is 10.1 Å². The number of carbonyl (C=O) groups is 1. The Morgan fingerprint density at radius 3 is 2.86 bits per heavy atom. The first kappa shape index (κ1) is 14.4. The summed E-state index contributed by atoms with van der Waals surface area (Å²) in [5.74, 6) is -0.348. The first-order valence-electron chi connectivity index (χ1n) is 6.03. The van der Waals surface area contributed by atoms with Crippen molar-refractivity contribution in [3.8, 4) is 10.6 Å². The second-order valence-corrected chi connectivity index (χ2v) is 6.06. The number of thiazole rings is 1. The third-order valence-corrected chi connectivity index (χ3v) is 4.42. The number of rotatable bonds is 4. The standard InChI is InChI=1S/C12H9N5O3S2/c1-16-3-2-8(15-16)11(18)14-12-13-9(6-22-12)10-4-7(5-21-10)17(19)20/h2-6H,1H3,(H,13,14,18). The maximum absolute atomic E-state index is 12.0. The lowest BCUT2D eigenvalue weighted by atomic mass is 10.4. The normalized spacial score (nSPS) is 10.6. The molecule has 0 bridgehead atoms. The quantitative estimate of drug-likeness (QED) is 0.583. The van der Waals surface area contributed by atoms with Gasteiger partial charge in [0.15, 0.2) is 10.8 Å². The zero-order chi connectivity index (χ0) is 15.7. The molecule has 0 aliphatic carbocycles. The first-order chi connectivity index (χ1) is 10.5. The van der Waals surface area contributed by atoms with Gasteiger partial charge in [-0.25, -0.2) is 4.98 Å². The van der Waals surface area contributed by atoms with Gasteiger partial charge in [-0.2, -0.15) is 5.10 Å². The summed E-state index contributed by atoms with van der Waals surface area (Å²) in [6.07, 6.45) is 1.67. The molecule has 3 aromatic rings. The van der Waals surface area contributed by atoms with Gasteiger partial charge in [0.25, 0.3) is 11.6 Å². The second-order valence-electron chi connectivity index (χ2n) is 4.29. The highest BCUT2D eigenvalue weighted by Crippen LogP contribution is 2.32. The van der Waals surface area contributed by atoms with Crippen LogP contribution >= 0.6 is 22.7 Å². The largest absolute Gasteiger partial charge is 0.296 e. The third-order valence-electron chi connectivity index (χ3n) is 2.72. The molecule has 1 N–H and O–H groups in total. The van der Waals surface area contributed by atoms with Crippen LogP contribution in [0.25, 0.3) is 10.6 Å². The molecule has 22 heavy (non-hydrogen) atoms. The van der Waals surface area contributed by atoms with Crippen LogP contribution in [0.5, 0.6) is 0 Å². The van der Waals surface area contributed by atoms with Crippen LogP contribution in [0.15, 0.2) is 29.1 Å². The van der Waals surface area contributed by atoms with Crippen LogP contribution in [-0.4, -0.2) is 25.6 Å². The molecule has 0 saturated heterocycles. The number of hydrogen-bond donors (Lipinski definition) is 1. The molecule has 0 aliphatic rings. The fourth-order valence-electron chi connectivity index (χ4n) is 1.70. The number of anilines is 1. The molecule has 1 amide bonds. The smallest absolute Gasteiger partial charge is 0.280 e. The van der Waals surface area contributed by atoms with Crippen molar-refractivity contribution in [2.45, 2.75) is 0 Å². The Morgan fingerprint density at radius 2 is 2.23 bits per heavy atom. The van der Waals surface area contributed by atoms with Crippen molar-refractivity contribution in [1.82, 2.24) is 14.8 Å². The summed E-state index contributed by atoms with van der Waals surface area (Å²) in [5.41, 5.74) is 0.928. The molecular weight excluding hydrogens is 326 g/mol. The predicted molar refractivity (Wildman–Crippen MR) is 83.2 cm³/mol. The first-order valence-corrected chi connectivity index (χ1v) is 7.78. The molecular formula is C12H9N5O3S2. The lowest BCUT2D eigenvalue weighted by Crippen LogP contribution is -2.12. The molecule has 0 aromatic carbocycles. The summed E-state index contributed by atoms with van der Waals surface area (Å²) in [6.45, 7) is 0. The fraction of sp³-hybridized carbons (Fsp3) is 0.0833. The Labute approximate surface area is 132 Å². The van der Waals surface area contributed by atoms with E-state index >= 15 is 0 Å². The van der Waals surface area contributed by atoms with Crippen molar-refractivity contribution in [2.75, 3.05) is 5.32 Å². The van der Waals surface area contributed by atoms with E-state index in [9.17, 15) is 14.9 Å². The van der Waals surface area contributed by atoms with Gasteiger partial charge in [-0.15, -0.1) is 22.7 Å². The predicted octanol–water partition coefficient (Wildman–Crippen LogP) is 2.77. The Bertz CT molecular complexity index is 850. The highest BCUT2D eigenvalue weighted by molar-refractivity contribution is 7.16. The highest BCUT2D eigenvalue weighted by atomic mass is 32.1. The number of hydrogen-bond acceptors (Lipinski definition) is 7. The van der Waals surface area contributed by atoms with Crippen molar-refractivity contribution < 1.29 is 9.72 Å². The van der Waals surface area contributed by atoms with Gasteiger partial charge in [0.2, 0.25) is 0 Å². The number of nitrogens with zero attached hydrogens (tertiary/aromatic N) is 4. The van der Waals surface area contributed by atoms with Gasteiger partial charge in [-0.05, 0) is 6.07 Å². The Balaban J connectivity index is 1.75. The Hall–Kier alpha value is -2.59. The number of nitro groups is 1. The maximum Gasteiger partial charge on any atom is 0.280 e. The zero-order valence-electron chi connectivity index (χ0n) is 11.2. The van der Waals surface area contributed by atoms with Crippen molar-refractivity contribution in [2.24, 2.45) is 7.05 Å². The maximum atomic E-state index is 12.0. The zero-order valence-corrected chi connectivity index (χ0v) is 12.8. The molecule has 0 fully saturated rings. The van der Waals surface area contributed by atoms with E-state index in [-0.39, 0.29) is 11.6 Å². The van der Waals surface area contributed by atoms with E-state index < -0.39 is 4.92 Å². The molecule has 0 unspecified atom stereocenters. The average Bonchev–Trinajstić information content (AvgIpc) is 3.16. The molecule has 3 rings (SSSR count). The summed E-state index contributed by atoms with van der Waals surface area (Å²) in [4.78, 5) is 27.1. The van der Waals surface area contributed by atoms with Gasteiger partial charge in [0.05, 0.1) is 20.9 Å². The van der Waals surface area contributed by atoms with Crippen molar-refractivity contribution in [3.63, 3.8) is 0 Å². The van der Waals surface area contributed by atoms with E-state index in [1.165, 1.54) is 38.8 Å². The van der Waals surface area contributed by atoms with Crippen molar-refractivity contribution in [3.05, 3.63) is 44.9 Å². The summed E-state index contributed by atoms with van der Waals surface area (Å²) in [7, 11) is 1.72. The minimum Gasteiger partial charge on any atom is -0.296 e. The SMILES string of the molecule is Cn1ccc(C(=O)Nc2nc(-c3cc([N+](=O)[O-])cs3)cs2)n1. The average molecular weight is 335 g/mol. The fourth-order valence-corrected chi connectivity index (χ4v) is 3.29. The van der Waals surface area contributed by atoms with E-state index in [0.29, 0.717) is 21.4 Å². The Morgan fingerprint density at radius 1 is 1.41 bits per heavy atom. The van der Waals surface area contributed by atoms with Gasteiger partial charge in [0.1, 0.15) is 0 Å². The summed E-state index contributed by atoms with van der Waals surface area (Å²) < 4.78 is 1.53. The number of aryl methyl sites for hydroxylation is 1. The summed E-state index contributed by atoms with van der Waals surface area (Å²) in [6, 6.07) is 3.07. The molecule has 0 saturated carbocycles. The number of aromatic nitrogens is 3. The number of thiophene rings is 1. The van der Waals surface area contributed by atoms with Crippen LogP contribution in [0.2, 0.25) is 0 Å². The second kappa shape index (κ2) is 5.66. The van der Waals surface area contributed by atoms with Crippen molar-refractivity contribution >= 4 is 39.4 Å². The molecule has 112 valence electrons. The minimum atomic E-state index is -0.448. The molecule has 3 heterocycles. The van der Waals surface area contributed by atoms with E-state index in [2.05, 4.69) is 15.4 Å². The number of carbonyl (C=O) groups excluding carboxylic acids is 1. The van der Waals surface area contributed by atoms with Gasteiger partial charge in [0, 0.05) is 24.7 Å². The molecule has 0 atom stereocenters. The molecule has 3 aromatic heterocycles. The van der Waals surface area contributed by atoms with Crippen LogP contribution in [0.3, 0.4) is 0 Å². The van der Waals surface area contributed by atoms with Gasteiger partial charge >= 0.3 is 0 Å².